The summed E-state index contributed by atoms with van der Waals surface area (Å²) in [7, 11) is 0. The van der Waals surface area contributed by atoms with Gasteiger partial charge in [0.2, 0.25) is 0 Å². The average Bonchev–Trinajstić information content (AvgIpc) is 2.47. The number of benzene rings is 1. The molecule has 1 saturated carbocycles. The fraction of sp³-hybridized carbons (Fsp3) is 0.625. The second-order valence-corrected chi connectivity index (χ2v) is 5.45. The number of hydrogen-bond donors (Lipinski definition) is 1. The lowest BCUT2D eigenvalue weighted by Gasteiger charge is -2.22. The Morgan fingerprint density at radius 3 is 2.75 bits per heavy atom. The summed E-state index contributed by atoms with van der Waals surface area (Å²) in [5.74, 6) is -1.56. The lowest BCUT2D eigenvalue weighted by Crippen LogP contribution is -2.27. The van der Waals surface area contributed by atoms with Crippen molar-refractivity contribution in [1.29, 1.82) is 0 Å². The summed E-state index contributed by atoms with van der Waals surface area (Å²) in [5.41, 5.74) is 0.364. The van der Waals surface area contributed by atoms with Crippen molar-refractivity contribution in [2.75, 3.05) is 13.2 Å². The van der Waals surface area contributed by atoms with E-state index in [9.17, 15) is 8.78 Å². The molecule has 0 heterocycles. The van der Waals surface area contributed by atoms with Gasteiger partial charge in [-0.15, -0.1) is 0 Å². The van der Waals surface area contributed by atoms with E-state index in [1.807, 2.05) is 6.92 Å². The molecule has 4 heteroatoms. The van der Waals surface area contributed by atoms with E-state index in [0.29, 0.717) is 24.8 Å². The highest BCUT2D eigenvalue weighted by Crippen LogP contribution is 2.20. The van der Waals surface area contributed by atoms with Crippen molar-refractivity contribution in [3.05, 3.63) is 35.4 Å². The quantitative estimate of drug-likeness (QED) is 0.798. The Morgan fingerprint density at radius 1 is 1.25 bits per heavy atom. The molecule has 1 atom stereocenters. The minimum absolute atomic E-state index is 0.222. The summed E-state index contributed by atoms with van der Waals surface area (Å²) < 4.78 is 32.5. The van der Waals surface area contributed by atoms with Crippen LogP contribution < -0.4 is 5.32 Å². The maximum atomic E-state index is 13.6. The number of nitrogens with one attached hydrogen (secondary N) is 1. The first-order chi connectivity index (χ1) is 9.68. The molecule has 0 aliphatic heterocycles. The van der Waals surface area contributed by atoms with Crippen molar-refractivity contribution in [2.24, 2.45) is 0 Å². The molecule has 0 bridgehead atoms. The fourth-order valence-electron chi connectivity index (χ4n) is 2.70. The summed E-state index contributed by atoms with van der Waals surface area (Å²) in [5, 5.41) is 3.17. The number of ether oxygens (including phenoxy) is 1. The smallest absolute Gasteiger partial charge is 0.163 e. The monoisotopic (exact) mass is 283 g/mol. The van der Waals surface area contributed by atoms with Crippen LogP contribution in [0.3, 0.4) is 0 Å². The van der Waals surface area contributed by atoms with Crippen molar-refractivity contribution in [3.63, 3.8) is 0 Å². The van der Waals surface area contributed by atoms with Crippen LogP contribution in [0.2, 0.25) is 0 Å². The maximum Gasteiger partial charge on any atom is 0.163 e. The van der Waals surface area contributed by atoms with Gasteiger partial charge in [-0.25, -0.2) is 8.78 Å². The first kappa shape index (κ1) is 15.4. The van der Waals surface area contributed by atoms with Crippen LogP contribution in [0.25, 0.3) is 0 Å². The molecule has 112 valence electrons. The predicted molar refractivity (Wildman–Crippen MR) is 75.6 cm³/mol. The van der Waals surface area contributed by atoms with E-state index in [2.05, 4.69) is 5.32 Å². The normalized spacial score (nSPS) is 18.1. The van der Waals surface area contributed by atoms with E-state index in [0.717, 1.165) is 18.9 Å². The van der Waals surface area contributed by atoms with Gasteiger partial charge in [0, 0.05) is 18.2 Å². The first-order valence-corrected chi connectivity index (χ1v) is 7.47. The number of halogens is 2. The Labute approximate surface area is 119 Å². The molecule has 1 fully saturated rings. The molecule has 0 amide bonds. The molecule has 2 nitrogen and oxygen atoms in total. The molecule has 0 spiro atoms. The predicted octanol–water partition coefficient (Wildman–Crippen LogP) is 3.96. The zero-order chi connectivity index (χ0) is 14.4. The highest BCUT2D eigenvalue weighted by molar-refractivity contribution is 5.21. The SMILES string of the molecule is CC(NCCOC1CCCCC1)c1cccc(F)c1F. The zero-order valence-electron chi connectivity index (χ0n) is 12.0. The van der Waals surface area contributed by atoms with Gasteiger partial charge >= 0.3 is 0 Å². The molecule has 1 N–H and O–H groups in total. The van der Waals surface area contributed by atoms with Gasteiger partial charge in [-0.1, -0.05) is 31.4 Å². The molecule has 1 aliphatic rings. The van der Waals surface area contributed by atoms with E-state index in [1.165, 1.54) is 25.3 Å². The molecular formula is C16H23F2NO. The molecular weight excluding hydrogens is 260 g/mol. The summed E-state index contributed by atoms with van der Waals surface area (Å²) in [6.45, 7) is 3.10. The van der Waals surface area contributed by atoms with Crippen molar-refractivity contribution < 1.29 is 13.5 Å². The second kappa shape index (κ2) is 7.70. The van der Waals surface area contributed by atoms with Crippen molar-refractivity contribution in [3.8, 4) is 0 Å². The minimum Gasteiger partial charge on any atom is -0.377 e. The standard InChI is InChI=1S/C16H23F2NO/c1-12(14-8-5-9-15(17)16(14)18)19-10-11-20-13-6-3-2-4-7-13/h5,8-9,12-13,19H,2-4,6-7,10-11H2,1H3. The van der Waals surface area contributed by atoms with Gasteiger partial charge in [0.15, 0.2) is 11.6 Å². The Kier molecular flexibility index (Phi) is 5.92. The van der Waals surface area contributed by atoms with E-state index in [4.69, 9.17) is 4.74 Å². The van der Waals surface area contributed by atoms with Gasteiger partial charge in [0.1, 0.15) is 0 Å². The molecule has 1 unspecified atom stereocenters. The van der Waals surface area contributed by atoms with Crippen LogP contribution in [0.5, 0.6) is 0 Å². The summed E-state index contributed by atoms with van der Waals surface area (Å²) in [4.78, 5) is 0. The first-order valence-electron chi connectivity index (χ1n) is 7.47. The van der Waals surface area contributed by atoms with Crippen LogP contribution in [-0.2, 0) is 4.74 Å². The molecule has 1 aromatic rings. The molecule has 20 heavy (non-hydrogen) atoms. The molecule has 0 radical (unpaired) electrons. The van der Waals surface area contributed by atoms with Gasteiger partial charge < -0.3 is 10.1 Å². The van der Waals surface area contributed by atoms with Gasteiger partial charge in [-0.05, 0) is 25.8 Å². The van der Waals surface area contributed by atoms with Crippen LogP contribution in [0, 0.1) is 11.6 Å². The highest BCUT2D eigenvalue weighted by atomic mass is 19.2. The molecule has 0 aromatic heterocycles. The summed E-state index contributed by atoms with van der Waals surface area (Å²) in [6, 6.07) is 4.06. The van der Waals surface area contributed by atoms with Crippen LogP contribution in [0.15, 0.2) is 18.2 Å². The third-order valence-electron chi connectivity index (χ3n) is 3.91. The third kappa shape index (κ3) is 4.25. The second-order valence-electron chi connectivity index (χ2n) is 5.45. The number of rotatable bonds is 6. The van der Waals surface area contributed by atoms with Crippen molar-refractivity contribution in [1.82, 2.24) is 5.32 Å². The van der Waals surface area contributed by atoms with Gasteiger partial charge in [-0.3, -0.25) is 0 Å². The van der Waals surface area contributed by atoms with Gasteiger partial charge in [0.25, 0.3) is 0 Å². The van der Waals surface area contributed by atoms with Crippen molar-refractivity contribution >= 4 is 0 Å². The van der Waals surface area contributed by atoms with Crippen LogP contribution >= 0.6 is 0 Å². The summed E-state index contributed by atoms with van der Waals surface area (Å²) in [6.07, 6.45) is 6.49. The summed E-state index contributed by atoms with van der Waals surface area (Å²) >= 11 is 0. The van der Waals surface area contributed by atoms with Crippen LogP contribution in [-0.4, -0.2) is 19.3 Å². The molecule has 1 aliphatic carbocycles. The Balaban J connectivity index is 1.72. The minimum atomic E-state index is -0.797. The molecule has 0 saturated heterocycles. The Bertz CT molecular complexity index is 419. The lowest BCUT2D eigenvalue weighted by molar-refractivity contribution is 0.0295. The number of hydrogen-bond acceptors (Lipinski definition) is 2. The zero-order valence-corrected chi connectivity index (χ0v) is 12.0. The fourth-order valence-corrected chi connectivity index (χ4v) is 2.70. The highest BCUT2D eigenvalue weighted by Gasteiger charge is 2.15. The van der Waals surface area contributed by atoms with E-state index in [-0.39, 0.29) is 6.04 Å². The van der Waals surface area contributed by atoms with Crippen LogP contribution in [0.1, 0.15) is 50.6 Å². The largest absolute Gasteiger partial charge is 0.377 e. The van der Waals surface area contributed by atoms with Crippen molar-refractivity contribution in [2.45, 2.75) is 51.2 Å². The Morgan fingerprint density at radius 2 is 2.00 bits per heavy atom. The van der Waals surface area contributed by atoms with E-state index >= 15 is 0 Å². The molecule has 1 aromatic carbocycles. The Hall–Kier alpha value is -1.00. The lowest BCUT2D eigenvalue weighted by atomic mass is 9.98. The maximum absolute atomic E-state index is 13.6. The van der Waals surface area contributed by atoms with Gasteiger partial charge in [-0.2, -0.15) is 0 Å². The molecule has 2 rings (SSSR count). The van der Waals surface area contributed by atoms with E-state index < -0.39 is 11.6 Å². The van der Waals surface area contributed by atoms with E-state index in [1.54, 1.807) is 6.07 Å². The van der Waals surface area contributed by atoms with Crippen LogP contribution in [0.4, 0.5) is 8.78 Å². The van der Waals surface area contributed by atoms with Gasteiger partial charge in [0.05, 0.1) is 12.7 Å². The topological polar surface area (TPSA) is 21.3 Å². The third-order valence-corrected chi connectivity index (χ3v) is 3.91. The average molecular weight is 283 g/mol.